The van der Waals surface area contributed by atoms with Gasteiger partial charge in [-0.2, -0.15) is 5.26 Å². The fourth-order valence-corrected chi connectivity index (χ4v) is 2.22. The number of pyridine rings is 1. The lowest BCUT2D eigenvalue weighted by atomic mass is 10.0. The van der Waals surface area contributed by atoms with E-state index in [-0.39, 0.29) is 5.78 Å². The van der Waals surface area contributed by atoms with Crippen LogP contribution >= 0.6 is 0 Å². The summed E-state index contributed by atoms with van der Waals surface area (Å²) in [6, 6.07) is 13.0. The molecule has 106 valence electrons. The summed E-state index contributed by atoms with van der Waals surface area (Å²) in [4.78, 5) is 18.2. The van der Waals surface area contributed by atoms with Crippen LogP contribution in [0.2, 0.25) is 0 Å². The summed E-state index contributed by atoms with van der Waals surface area (Å²) in [6.45, 7) is 4.89. The SMILES string of the molecule is CCN(Cc1ccccn1)c1cc(C#N)ccc1C(C)=O. The van der Waals surface area contributed by atoms with E-state index in [1.165, 1.54) is 0 Å². The predicted molar refractivity (Wildman–Crippen MR) is 82.1 cm³/mol. The Labute approximate surface area is 124 Å². The highest BCUT2D eigenvalue weighted by atomic mass is 16.1. The average molecular weight is 279 g/mol. The Bertz CT molecular complexity index is 674. The number of ketones is 1. The number of anilines is 1. The van der Waals surface area contributed by atoms with Crippen LogP contribution in [0.5, 0.6) is 0 Å². The van der Waals surface area contributed by atoms with Crippen LogP contribution < -0.4 is 4.90 Å². The van der Waals surface area contributed by atoms with Gasteiger partial charge in [0.25, 0.3) is 0 Å². The molecule has 0 spiro atoms. The van der Waals surface area contributed by atoms with Crippen molar-refractivity contribution >= 4 is 11.5 Å². The molecule has 0 N–H and O–H groups in total. The highest BCUT2D eigenvalue weighted by molar-refractivity contribution is 6.00. The van der Waals surface area contributed by atoms with E-state index in [2.05, 4.69) is 16.0 Å². The maximum atomic E-state index is 11.8. The van der Waals surface area contributed by atoms with E-state index in [0.717, 1.165) is 17.9 Å². The first kappa shape index (κ1) is 14.7. The van der Waals surface area contributed by atoms with E-state index in [1.54, 1.807) is 31.3 Å². The van der Waals surface area contributed by atoms with Gasteiger partial charge < -0.3 is 4.90 Å². The van der Waals surface area contributed by atoms with Crippen molar-refractivity contribution in [3.63, 3.8) is 0 Å². The Morgan fingerprint density at radius 2 is 2.14 bits per heavy atom. The first-order valence-electron chi connectivity index (χ1n) is 6.85. The van der Waals surface area contributed by atoms with Gasteiger partial charge in [0.1, 0.15) is 0 Å². The number of nitrogens with zero attached hydrogens (tertiary/aromatic N) is 3. The molecule has 0 saturated carbocycles. The molecule has 1 heterocycles. The molecule has 4 nitrogen and oxygen atoms in total. The first-order chi connectivity index (χ1) is 10.2. The molecular formula is C17H17N3O. The lowest BCUT2D eigenvalue weighted by molar-refractivity contribution is 0.101. The van der Waals surface area contributed by atoms with E-state index in [9.17, 15) is 4.79 Å². The summed E-state index contributed by atoms with van der Waals surface area (Å²) in [5, 5.41) is 9.07. The quantitative estimate of drug-likeness (QED) is 0.789. The lowest BCUT2D eigenvalue weighted by Crippen LogP contribution is -2.24. The third kappa shape index (κ3) is 3.46. The molecule has 0 bridgehead atoms. The molecule has 0 unspecified atom stereocenters. The fraction of sp³-hybridized carbons (Fsp3) is 0.235. The molecule has 0 amide bonds. The van der Waals surface area contributed by atoms with Crippen LogP contribution in [0.3, 0.4) is 0 Å². The molecule has 0 saturated heterocycles. The number of hydrogen-bond donors (Lipinski definition) is 0. The smallest absolute Gasteiger partial charge is 0.161 e. The molecule has 2 aromatic rings. The third-order valence-corrected chi connectivity index (χ3v) is 3.31. The van der Waals surface area contributed by atoms with Crippen molar-refractivity contribution in [1.29, 1.82) is 5.26 Å². The Kier molecular flexibility index (Phi) is 4.68. The van der Waals surface area contributed by atoms with Gasteiger partial charge in [-0.1, -0.05) is 6.07 Å². The van der Waals surface area contributed by atoms with Gasteiger partial charge in [0, 0.05) is 24.0 Å². The van der Waals surface area contributed by atoms with Crippen LogP contribution in [0, 0.1) is 11.3 Å². The molecular weight excluding hydrogens is 262 g/mol. The molecule has 21 heavy (non-hydrogen) atoms. The molecule has 0 aliphatic carbocycles. The number of Topliss-reactive ketones (excluding diaryl/α,β-unsaturated/α-hetero) is 1. The van der Waals surface area contributed by atoms with E-state index in [0.29, 0.717) is 17.7 Å². The van der Waals surface area contributed by atoms with Gasteiger partial charge in [-0.05, 0) is 44.2 Å². The minimum absolute atomic E-state index is 0.00559. The number of benzene rings is 1. The highest BCUT2D eigenvalue weighted by Crippen LogP contribution is 2.24. The standard InChI is InChI=1S/C17H17N3O/c1-3-20(12-15-6-4-5-9-19-15)17-10-14(11-18)7-8-16(17)13(2)21/h4-10H,3,12H2,1-2H3. The zero-order valence-electron chi connectivity index (χ0n) is 12.2. The molecule has 0 aliphatic rings. The lowest BCUT2D eigenvalue weighted by Gasteiger charge is -2.25. The molecule has 4 heteroatoms. The van der Waals surface area contributed by atoms with Crippen molar-refractivity contribution in [2.75, 3.05) is 11.4 Å². The monoisotopic (exact) mass is 279 g/mol. The van der Waals surface area contributed by atoms with E-state index in [1.807, 2.05) is 25.1 Å². The Morgan fingerprint density at radius 1 is 1.33 bits per heavy atom. The summed E-state index contributed by atoms with van der Waals surface area (Å²) in [5.74, 6) is -0.00559. The van der Waals surface area contributed by atoms with Crippen LogP contribution in [0.15, 0.2) is 42.6 Å². The van der Waals surface area contributed by atoms with Crippen molar-refractivity contribution in [3.05, 3.63) is 59.4 Å². The number of aromatic nitrogens is 1. The molecule has 2 rings (SSSR count). The minimum atomic E-state index is -0.00559. The Hall–Kier alpha value is -2.67. The maximum Gasteiger partial charge on any atom is 0.161 e. The van der Waals surface area contributed by atoms with Gasteiger partial charge in [0.05, 0.1) is 23.9 Å². The second-order valence-corrected chi connectivity index (χ2v) is 4.74. The van der Waals surface area contributed by atoms with Gasteiger partial charge in [-0.25, -0.2) is 0 Å². The highest BCUT2D eigenvalue weighted by Gasteiger charge is 2.14. The van der Waals surface area contributed by atoms with Gasteiger partial charge in [-0.15, -0.1) is 0 Å². The van der Waals surface area contributed by atoms with E-state index in [4.69, 9.17) is 5.26 Å². The molecule has 0 radical (unpaired) electrons. The van der Waals surface area contributed by atoms with Gasteiger partial charge >= 0.3 is 0 Å². The van der Waals surface area contributed by atoms with Crippen molar-refractivity contribution in [1.82, 2.24) is 4.98 Å². The fourth-order valence-electron chi connectivity index (χ4n) is 2.22. The van der Waals surface area contributed by atoms with Gasteiger partial charge in [0.15, 0.2) is 5.78 Å². The molecule has 1 aromatic carbocycles. The van der Waals surface area contributed by atoms with E-state index < -0.39 is 0 Å². The minimum Gasteiger partial charge on any atom is -0.365 e. The van der Waals surface area contributed by atoms with Crippen LogP contribution in [0.25, 0.3) is 0 Å². The second-order valence-electron chi connectivity index (χ2n) is 4.74. The number of carbonyl (C=O) groups excluding carboxylic acids is 1. The summed E-state index contributed by atoms with van der Waals surface area (Å²) >= 11 is 0. The largest absolute Gasteiger partial charge is 0.365 e. The van der Waals surface area contributed by atoms with Crippen LogP contribution in [-0.4, -0.2) is 17.3 Å². The Morgan fingerprint density at radius 3 is 2.71 bits per heavy atom. The topological polar surface area (TPSA) is 57.0 Å². The predicted octanol–water partition coefficient (Wildman–Crippen LogP) is 3.18. The normalized spacial score (nSPS) is 9.95. The number of rotatable bonds is 5. The zero-order valence-corrected chi connectivity index (χ0v) is 12.2. The number of hydrogen-bond acceptors (Lipinski definition) is 4. The average Bonchev–Trinajstić information content (AvgIpc) is 2.52. The Balaban J connectivity index is 2.41. The van der Waals surface area contributed by atoms with Crippen molar-refractivity contribution in [3.8, 4) is 6.07 Å². The van der Waals surface area contributed by atoms with Crippen molar-refractivity contribution in [2.24, 2.45) is 0 Å². The van der Waals surface area contributed by atoms with Crippen LogP contribution in [-0.2, 0) is 6.54 Å². The second kappa shape index (κ2) is 6.67. The first-order valence-corrected chi connectivity index (χ1v) is 6.85. The maximum absolute atomic E-state index is 11.8. The molecule has 0 fully saturated rings. The summed E-state index contributed by atoms with van der Waals surface area (Å²) in [5.41, 5.74) is 2.90. The molecule has 0 aliphatic heterocycles. The number of nitriles is 1. The van der Waals surface area contributed by atoms with Crippen molar-refractivity contribution < 1.29 is 4.79 Å². The van der Waals surface area contributed by atoms with Crippen LogP contribution in [0.4, 0.5) is 5.69 Å². The molecule has 0 atom stereocenters. The van der Waals surface area contributed by atoms with E-state index >= 15 is 0 Å². The zero-order chi connectivity index (χ0) is 15.2. The summed E-state index contributed by atoms with van der Waals surface area (Å²) in [7, 11) is 0. The van der Waals surface area contributed by atoms with Crippen molar-refractivity contribution in [2.45, 2.75) is 20.4 Å². The van der Waals surface area contributed by atoms with Gasteiger partial charge in [-0.3, -0.25) is 9.78 Å². The van der Waals surface area contributed by atoms with Gasteiger partial charge in [0.2, 0.25) is 0 Å². The third-order valence-electron chi connectivity index (χ3n) is 3.31. The number of carbonyl (C=O) groups is 1. The molecule has 1 aromatic heterocycles. The summed E-state index contributed by atoms with van der Waals surface area (Å²) in [6.07, 6.45) is 1.75. The summed E-state index contributed by atoms with van der Waals surface area (Å²) < 4.78 is 0. The van der Waals surface area contributed by atoms with Crippen LogP contribution in [0.1, 0.15) is 35.5 Å².